The van der Waals surface area contributed by atoms with Gasteiger partial charge in [0.1, 0.15) is 5.75 Å². The van der Waals surface area contributed by atoms with Crippen molar-refractivity contribution in [1.82, 2.24) is 0 Å². The molecular weight excluding hydrogens is 264 g/mol. The number of benzene rings is 2. The molecule has 3 nitrogen and oxygen atoms in total. The molecule has 2 aromatic rings. The second kappa shape index (κ2) is 5.82. The van der Waals surface area contributed by atoms with Crippen LogP contribution in [0.4, 0.5) is 0 Å². The molecule has 0 spiro atoms. The SMILES string of the molecule is COc1ccc(C(=O)C2OC2C#Cc2ccccc2)cc1. The van der Waals surface area contributed by atoms with Gasteiger partial charge in [-0.1, -0.05) is 30.0 Å². The van der Waals surface area contributed by atoms with Gasteiger partial charge in [0.25, 0.3) is 0 Å². The lowest BCUT2D eigenvalue weighted by Gasteiger charge is -2.00. The van der Waals surface area contributed by atoms with Gasteiger partial charge in [0.05, 0.1) is 7.11 Å². The molecule has 0 aromatic heterocycles. The summed E-state index contributed by atoms with van der Waals surface area (Å²) in [6, 6.07) is 16.7. The molecule has 0 radical (unpaired) electrons. The van der Waals surface area contributed by atoms with Crippen molar-refractivity contribution in [1.29, 1.82) is 0 Å². The van der Waals surface area contributed by atoms with Gasteiger partial charge < -0.3 is 9.47 Å². The molecule has 2 unspecified atom stereocenters. The van der Waals surface area contributed by atoms with E-state index in [1.165, 1.54) is 0 Å². The molecule has 0 N–H and O–H groups in total. The van der Waals surface area contributed by atoms with Gasteiger partial charge in [0, 0.05) is 11.1 Å². The van der Waals surface area contributed by atoms with Crippen LogP contribution in [0.15, 0.2) is 54.6 Å². The highest BCUT2D eigenvalue weighted by atomic mass is 16.6. The van der Waals surface area contributed by atoms with Gasteiger partial charge in [0.15, 0.2) is 18.0 Å². The van der Waals surface area contributed by atoms with Crippen LogP contribution in [-0.2, 0) is 4.74 Å². The second-order valence-corrected chi connectivity index (χ2v) is 4.71. The van der Waals surface area contributed by atoms with Gasteiger partial charge in [-0.05, 0) is 36.4 Å². The average Bonchev–Trinajstić information content (AvgIpc) is 3.33. The predicted molar refractivity (Wildman–Crippen MR) is 79.3 cm³/mol. The maximum absolute atomic E-state index is 12.2. The summed E-state index contributed by atoms with van der Waals surface area (Å²) in [5, 5.41) is 0. The van der Waals surface area contributed by atoms with E-state index in [9.17, 15) is 4.79 Å². The highest BCUT2D eigenvalue weighted by Crippen LogP contribution is 2.26. The third-order valence-corrected chi connectivity index (χ3v) is 3.26. The number of ketones is 1. The van der Waals surface area contributed by atoms with Crippen LogP contribution in [0.3, 0.4) is 0 Å². The van der Waals surface area contributed by atoms with Crippen molar-refractivity contribution in [3.05, 3.63) is 65.7 Å². The first kappa shape index (κ1) is 13.4. The zero-order valence-corrected chi connectivity index (χ0v) is 11.6. The minimum absolute atomic E-state index is 0.0370. The Hall–Kier alpha value is -2.57. The number of Topliss-reactive ketones (excluding diaryl/α,β-unsaturated/α-hetero) is 1. The predicted octanol–water partition coefficient (Wildman–Crippen LogP) is 2.70. The van der Waals surface area contributed by atoms with Crippen LogP contribution in [0, 0.1) is 11.8 Å². The lowest BCUT2D eigenvalue weighted by atomic mass is 10.1. The van der Waals surface area contributed by atoms with Crippen LogP contribution in [-0.4, -0.2) is 25.1 Å². The number of rotatable bonds is 3. The summed E-state index contributed by atoms with van der Waals surface area (Å²) in [5.74, 6) is 6.68. The second-order valence-electron chi connectivity index (χ2n) is 4.71. The average molecular weight is 278 g/mol. The van der Waals surface area contributed by atoms with E-state index >= 15 is 0 Å². The molecule has 0 amide bonds. The van der Waals surface area contributed by atoms with Gasteiger partial charge in [-0.25, -0.2) is 0 Å². The van der Waals surface area contributed by atoms with E-state index in [4.69, 9.17) is 9.47 Å². The fourth-order valence-corrected chi connectivity index (χ4v) is 2.02. The Bertz CT molecular complexity index is 693. The van der Waals surface area contributed by atoms with Crippen molar-refractivity contribution in [2.45, 2.75) is 12.2 Å². The number of methoxy groups -OCH3 is 1. The highest BCUT2D eigenvalue weighted by molar-refractivity contribution is 6.01. The van der Waals surface area contributed by atoms with Gasteiger partial charge >= 0.3 is 0 Å². The summed E-state index contributed by atoms with van der Waals surface area (Å²) >= 11 is 0. The summed E-state index contributed by atoms with van der Waals surface area (Å²) < 4.78 is 10.4. The van der Waals surface area contributed by atoms with Crippen molar-refractivity contribution in [2.75, 3.05) is 7.11 Å². The molecule has 3 rings (SSSR count). The number of ether oxygens (including phenoxy) is 2. The van der Waals surface area contributed by atoms with Gasteiger partial charge in [-0.2, -0.15) is 0 Å². The Morgan fingerprint density at radius 2 is 1.81 bits per heavy atom. The van der Waals surface area contributed by atoms with Crippen molar-refractivity contribution in [2.24, 2.45) is 0 Å². The molecular formula is C18H14O3. The molecule has 0 aliphatic carbocycles. The Labute approximate surface area is 123 Å². The zero-order valence-electron chi connectivity index (χ0n) is 11.6. The molecule has 2 aromatic carbocycles. The normalized spacial score (nSPS) is 19.3. The molecule has 1 aliphatic heterocycles. The van der Waals surface area contributed by atoms with Gasteiger partial charge in [0.2, 0.25) is 0 Å². The number of carbonyl (C=O) groups excluding carboxylic acids is 1. The summed E-state index contributed by atoms with van der Waals surface area (Å²) in [5.41, 5.74) is 1.54. The maximum Gasteiger partial charge on any atom is 0.195 e. The smallest absolute Gasteiger partial charge is 0.195 e. The van der Waals surface area contributed by atoms with Gasteiger partial charge in [-0.15, -0.1) is 0 Å². The molecule has 3 heteroatoms. The molecule has 21 heavy (non-hydrogen) atoms. The molecule has 104 valence electrons. The third kappa shape index (κ3) is 3.13. The van der Waals surface area contributed by atoms with Crippen molar-refractivity contribution in [3.63, 3.8) is 0 Å². The fourth-order valence-electron chi connectivity index (χ4n) is 2.02. The molecule has 0 bridgehead atoms. The van der Waals surface area contributed by atoms with Crippen molar-refractivity contribution in [3.8, 4) is 17.6 Å². The number of carbonyl (C=O) groups is 1. The number of hydrogen-bond acceptors (Lipinski definition) is 3. The van der Waals surface area contributed by atoms with Crippen LogP contribution in [0.1, 0.15) is 15.9 Å². The van der Waals surface area contributed by atoms with Crippen LogP contribution in [0.5, 0.6) is 5.75 Å². The molecule has 1 heterocycles. The van der Waals surface area contributed by atoms with Crippen LogP contribution in [0.25, 0.3) is 0 Å². The monoisotopic (exact) mass is 278 g/mol. The van der Waals surface area contributed by atoms with E-state index in [2.05, 4.69) is 11.8 Å². The highest BCUT2D eigenvalue weighted by Gasteiger charge is 2.44. The Kier molecular flexibility index (Phi) is 3.72. The topological polar surface area (TPSA) is 38.8 Å². The first-order chi connectivity index (χ1) is 10.3. The van der Waals surface area contributed by atoms with E-state index in [1.54, 1.807) is 31.4 Å². The largest absolute Gasteiger partial charge is 0.497 e. The number of hydrogen-bond donors (Lipinski definition) is 0. The zero-order chi connectivity index (χ0) is 14.7. The number of epoxide rings is 1. The van der Waals surface area contributed by atoms with Crippen molar-refractivity contribution < 1.29 is 14.3 Å². The van der Waals surface area contributed by atoms with Crippen LogP contribution in [0.2, 0.25) is 0 Å². The van der Waals surface area contributed by atoms with E-state index < -0.39 is 6.10 Å². The first-order valence-electron chi connectivity index (χ1n) is 6.68. The van der Waals surface area contributed by atoms with Gasteiger partial charge in [-0.3, -0.25) is 4.79 Å². The minimum atomic E-state index is -0.449. The summed E-state index contributed by atoms with van der Waals surface area (Å²) in [7, 11) is 1.59. The summed E-state index contributed by atoms with van der Waals surface area (Å²) in [6.07, 6.45) is -0.755. The quantitative estimate of drug-likeness (QED) is 0.492. The van der Waals surface area contributed by atoms with E-state index in [0.29, 0.717) is 5.56 Å². The molecule has 1 fully saturated rings. The van der Waals surface area contributed by atoms with Crippen molar-refractivity contribution >= 4 is 5.78 Å². The Morgan fingerprint density at radius 1 is 1.10 bits per heavy atom. The lowest BCUT2D eigenvalue weighted by molar-refractivity contribution is 0.0953. The van der Waals surface area contributed by atoms with E-state index in [-0.39, 0.29) is 11.9 Å². The standard InChI is InChI=1S/C18H14O3/c1-20-15-10-8-14(9-11-15)17(19)18-16(21-18)12-7-13-5-3-2-4-6-13/h2-6,8-11,16,18H,1H3. The third-order valence-electron chi connectivity index (χ3n) is 3.26. The Morgan fingerprint density at radius 3 is 2.48 bits per heavy atom. The Balaban J connectivity index is 1.64. The van der Waals surface area contributed by atoms with E-state index in [0.717, 1.165) is 11.3 Å². The molecule has 1 aliphatic rings. The van der Waals surface area contributed by atoms with E-state index in [1.807, 2.05) is 30.3 Å². The first-order valence-corrected chi connectivity index (χ1v) is 6.68. The minimum Gasteiger partial charge on any atom is -0.497 e. The lowest BCUT2D eigenvalue weighted by Crippen LogP contribution is -2.09. The molecule has 0 saturated carbocycles. The molecule has 2 atom stereocenters. The summed E-state index contributed by atoms with van der Waals surface area (Å²) in [4.78, 5) is 12.2. The maximum atomic E-state index is 12.2. The fraction of sp³-hybridized carbons (Fsp3) is 0.167. The summed E-state index contributed by atoms with van der Waals surface area (Å²) in [6.45, 7) is 0. The van der Waals surface area contributed by atoms with Crippen LogP contribution >= 0.6 is 0 Å². The van der Waals surface area contributed by atoms with Crippen LogP contribution < -0.4 is 4.74 Å². The molecule has 1 saturated heterocycles.